The summed E-state index contributed by atoms with van der Waals surface area (Å²) in [6, 6.07) is 6.80. The molecule has 184 valence electrons. The van der Waals surface area contributed by atoms with Crippen molar-refractivity contribution in [3.63, 3.8) is 0 Å². The van der Waals surface area contributed by atoms with Crippen molar-refractivity contribution in [2.24, 2.45) is 0 Å². The maximum absolute atomic E-state index is 14.3. The monoisotopic (exact) mass is 492 g/mol. The van der Waals surface area contributed by atoms with E-state index in [2.05, 4.69) is 5.10 Å². The van der Waals surface area contributed by atoms with Gasteiger partial charge >= 0.3 is 5.66 Å². The van der Waals surface area contributed by atoms with Crippen molar-refractivity contribution < 1.29 is 23.1 Å². The normalized spacial score (nSPS) is 16.2. The van der Waals surface area contributed by atoms with Crippen LogP contribution in [0.1, 0.15) is 60.3 Å². The van der Waals surface area contributed by atoms with Gasteiger partial charge in [-0.15, -0.1) is 0 Å². The summed E-state index contributed by atoms with van der Waals surface area (Å²) in [5.41, 5.74) is -2.59. The first kappa shape index (κ1) is 24.6. The number of ether oxygens (including phenoxy) is 1. The van der Waals surface area contributed by atoms with Gasteiger partial charge in [0, 0.05) is 38.2 Å². The van der Waals surface area contributed by atoms with Gasteiger partial charge in [-0.05, 0) is 56.4 Å². The van der Waals surface area contributed by atoms with Crippen molar-refractivity contribution in [1.82, 2.24) is 19.6 Å². The molecule has 1 fully saturated rings. The van der Waals surface area contributed by atoms with Gasteiger partial charge in [-0.2, -0.15) is 13.9 Å². The minimum Gasteiger partial charge on any atom is -0.497 e. The Morgan fingerprint density at radius 1 is 1.12 bits per heavy atom. The molecule has 4 rings (SSSR count). The lowest BCUT2D eigenvalue weighted by molar-refractivity contribution is -0.130. The number of fused-ring (bicyclic) bond motifs is 1. The van der Waals surface area contributed by atoms with E-state index in [0.717, 1.165) is 45.2 Å². The molecule has 10 heteroatoms. The number of rotatable bonds is 9. The van der Waals surface area contributed by atoms with Gasteiger partial charge in [0.1, 0.15) is 17.1 Å². The highest BCUT2D eigenvalue weighted by Gasteiger charge is 2.39. The first-order valence-corrected chi connectivity index (χ1v) is 12.4. The molecule has 0 bridgehead atoms. The highest BCUT2D eigenvalue weighted by molar-refractivity contribution is 7.17. The molecule has 0 saturated carbocycles. The molecular formula is C24H31F2N4O3P. The predicted molar refractivity (Wildman–Crippen MR) is 128 cm³/mol. The second kappa shape index (κ2) is 10.4. The number of nitrogens with zero attached hydrogens (tertiary/aromatic N) is 4. The average molecular weight is 493 g/mol. The number of halogens is 2. The summed E-state index contributed by atoms with van der Waals surface area (Å²) in [4.78, 5) is 29.2. The lowest BCUT2D eigenvalue weighted by atomic mass is 10.0. The number of carbonyl (C=O) groups is 2. The average Bonchev–Trinajstić information content (AvgIpc) is 3.49. The summed E-state index contributed by atoms with van der Waals surface area (Å²) in [5.74, 6) is 0.543. The van der Waals surface area contributed by atoms with E-state index in [-0.39, 0.29) is 23.2 Å². The smallest absolute Gasteiger partial charge is 0.302 e. The van der Waals surface area contributed by atoms with Gasteiger partial charge in [0.05, 0.1) is 12.8 Å². The standard InChI is InChI=1S/C24H31F2N4O3P/c1-33-18-10-8-17(9-11-18)30-21-19(22(27-30)24(25,26)34)12-16-29(23(21)32)15-4-2-3-7-20(31)28-13-5-6-14-28/h8-11H,2-7,12-16,34H2,1H3. The summed E-state index contributed by atoms with van der Waals surface area (Å²) in [5, 5.41) is 4.16. The number of amides is 2. The minimum absolute atomic E-state index is 0.192. The summed E-state index contributed by atoms with van der Waals surface area (Å²) in [7, 11) is 3.07. The van der Waals surface area contributed by atoms with Crippen LogP contribution in [0.4, 0.5) is 8.78 Å². The third kappa shape index (κ3) is 5.24. The van der Waals surface area contributed by atoms with Crippen molar-refractivity contribution in [3.05, 3.63) is 41.2 Å². The number of aromatic nitrogens is 2. The van der Waals surface area contributed by atoms with Gasteiger partial charge in [0.15, 0.2) is 0 Å². The van der Waals surface area contributed by atoms with Crippen LogP contribution < -0.4 is 4.74 Å². The summed E-state index contributed by atoms with van der Waals surface area (Å²) in [6.07, 6.45) is 5.42. The van der Waals surface area contributed by atoms with Crippen molar-refractivity contribution in [3.8, 4) is 11.4 Å². The number of benzene rings is 1. The lowest BCUT2D eigenvalue weighted by Gasteiger charge is -2.28. The Bertz CT molecular complexity index is 1030. The maximum atomic E-state index is 14.3. The zero-order valence-corrected chi connectivity index (χ0v) is 20.6. The van der Waals surface area contributed by atoms with Crippen LogP contribution >= 0.6 is 9.24 Å². The van der Waals surface area contributed by atoms with Crippen LogP contribution in [-0.4, -0.2) is 64.7 Å². The number of unbranched alkanes of at least 4 members (excludes halogenated alkanes) is 2. The number of hydrogen-bond donors (Lipinski definition) is 0. The third-order valence-electron chi connectivity index (χ3n) is 6.52. The molecule has 0 spiro atoms. The number of methoxy groups -OCH3 is 1. The largest absolute Gasteiger partial charge is 0.497 e. The fourth-order valence-corrected chi connectivity index (χ4v) is 4.91. The van der Waals surface area contributed by atoms with Crippen molar-refractivity contribution in [2.75, 3.05) is 33.3 Å². The van der Waals surface area contributed by atoms with Gasteiger partial charge < -0.3 is 14.5 Å². The molecule has 0 N–H and O–H groups in total. The number of carbonyl (C=O) groups excluding carboxylic acids is 2. The predicted octanol–water partition coefficient (Wildman–Crippen LogP) is 3.99. The Kier molecular flexibility index (Phi) is 7.51. The molecule has 1 unspecified atom stereocenters. The third-order valence-corrected chi connectivity index (χ3v) is 6.79. The molecule has 2 aromatic rings. The zero-order chi connectivity index (χ0) is 24.3. The fraction of sp³-hybridized carbons (Fsp3) is 0.542. The Labute approximate surface area is 200 Å². The Morgan fingerprint density at radius 3 is 2.47 bits per heavy atom. The van der Waals surface area contributed by atoms with Crippen LogP contribution in [0.3, 0.4) is 0 Å². The second-order valence-electron chi connectivity index (χ2n) is 8.85. The number of alkyl halides is 2. The highest BCUT2D eigenvalue weighted by atomic mass is 31.0. The molecule has 34 heavy (non-hydrogen) atoms. The van der Waals surface area contributed by atoms with E-state index < -0.39 is 5.66 Å². The van der Waals surface area contributed by atoms with Crippen LogP contribution in [0, 0.1) is 0 Å². The van der Waals surface area contributed by atoms with E-state index in [4.69, 9.17) is 4.74 Å². The summed E-state index contributed by atoms with van der Waals surface area (Å²) >= 11 is 0. The summed E-state index contributed by atoms with van der Waals surface area (Å²) < 4.78 is 35.1. The molecule has 1 aromatic heterocycles. The highest BCUT2D eigenvalue weighted by Crippen LogP contribution is 2.39. The molecular weight excluding hydrogens is 461 g/mol. The van der Waals surface area contributed by atoms with Gasteiger partial charge in [0.25, 0.3) is 5.91 Å². The van der Waals surface area contributed by atoms with Crippen molar-refractivity contribution in [1.29, 1.82) is 0 Å². The Hall–Kier alpha value is -2.54. The van der Waals surface area contributed by atoms with Crippen LogP contribution in [0.5, 0.6) is 5.75 Å². The molecule has 1 atom stereocenters. The van der Waals surface area contributed by atoms with Crippen molar-refractivity contribution in [2.45, 2.75) is 50.6 Å². The van der Waals surface area contributed by atoms with E-state index in [1.807, 2.05) is 4.90 Å². The Balaban J connectivity index is 1.44. The molecule has 0 radical (unpaired) electrons. The first-order chi connectivity index (χ1) is 16.3. The fourth-order valence-electron chi connectivity index (χ4n) is 4.68. The molecule has 3 heterocycles. The Morgan fingerprint density at radius 2 is 1.82 bits per heavy atom. The van der Waals surface area contributed by atoms with E-state index in [1.165, 1.54) is 13.9 Å². The van der Waals surface area contributed by atoms with Crippen molar-refractivity contribution >= 4 is 21.1 Å². The molecule has 2 aliphatic rings. The summed E-state index contributed by atoms with van der Waals surface area (Å²) in [6.45, 7) is 2.63. The van der Waals surface area contributed by atoms with Crippen LogP contribution in [0.25, 0.3) is 5.69 Å². The van der Waals surface area contributed by atoms with Crippen LogP contribution in [0.2, 0.25) is 0 Å². The van der Waals surface area contributed by atoms with Gasteiger partial charge in [-0.25, -0.2) is 4.68 Å². The lowest BCUT2D eigenvalue weighted by Crippen LogP contribution is -2.39. The van der Waals surface area contributed by atoms with E-state index >= 15 is 0 Å². The molecule has 1 aromatic carbocycles. The quantitative estimate of drug-likeness (QED) is 0.392. The zero-order valence-electron chi connectivity index (χ0n) is 19.4. The molecule has 7 nitrogen and oxygen atoms in total. The van der Waals surface area contributed by atoms with Gasteiger partial charge in [0.2, 0.25) is 5.91 Å². The van der Waals surface area contributed by atoms with Gasteiger partial charge in [-0.3, -0.25) is 9.59 Å². The first-order valence-electron chi connectivity index (χ1n) is 11.8. The van der Waals surface area contributed by atoms with E-state index in [0.29, 0.717) is 42.9 Å². The second-order valence-corrected chi connectivity index (χ2v) is 9.57. The SMILES string of the molecule is COc1ccc(-n2nc(C(F)(F)P)c3c2C(=O)N(CCCCCC(=O)N2CCCC2)CC3)cc1. The number of hydrogen-bond acceptors (Lipinski definition) is 4. The van der Waals surface area contributed by atoms with Crippen LogP contribution in [0.15, 0.2) is 24.3 Å². The van der Waals surface area contributed by atoms with Crippen LogP contribution in [-0.2, 0) is 16.9 Å². The topological polar surface area (TPSA) is 67.7 Å². The molecule has 1 saturated heterocycles. The molecule has 0 aliphatic carbocycles. The van der Waals surface area contributed by atoms with Gasteiger partial charge in [-0.1, -0.05) is 15.7 Å². The molecule has 2 amide bonds. The maximum Gasteiger partial charge on any atom is 0.302 e. The van der Waals surface area contributed by atoms with E-state index in [1.54, 1.807) is 36.3 Å². The van der Waals surface area contributed by atoms with E-state index in [9.17, 15) is 18.4 Å². The molecule has 2 aliphatic heterocycles. The minimum atomic E-state index is -3.23. The number of likely N-dealkylation sites (tertiary alicyclic amines) is 1.